The molecule has 0 aromatic carbocycles. The quantitative estimate of drug-likeness (QED) is 0.449. The van der Waals surface area contributed by atoms with E-state index >= 15 is 0 Å². The lowest BCUT2D eigenvalue weighted by molar-refractivity contribution is -0.174. The molecule has 1 fully saturated rings. The Labute approximate surface area is 135 Å². The van der Waals surface area contributed by atoms with Gasteiger partial charge in [-0.1, -0.05) is 64.7 Å². The first-order chi connectivity index (χ1) is 9.19. The maximum absolute atomic E-state index is 12.7. The van der Waals surface area contributed by atoms with E-state index in [1.165, 1.54) is 0 Å². The maximum atomic E-state index is 12.7. The van der Waals surface area contributed by atoms with Gasteiger partial charge in [0.05, 0.1) is 6.42 Å². The predicted molar refractivity (Wildman–Crippen MR) is 81.3 cm³/mol. The second-order valence-electron chi connectivity index (χ2n) is 7.52. The van der Waals surface area contributed by atoms with Gasteiger partial charge in [0.1, 0.15) is 12.0 Å². The van der Waals surface area contributed by atoms with Crippen LogP contribution in [0.5, 0.6) is 0 Å². The van der Waals surface area contributed by atoms with E-state index in [-0.39, 0.29) is 18.0 Å². The molecule has 0 aromatic rings. The smallest absolute Gasteiger partial charge is 0.310 e. The van der Waals surface area contributed by atoms with Gasteiger partial charge in [-0.2, -0.15) is 0 Å². The fourth-order valence-corrected chi connectivity index (χ4v) is 2.68. The van der Waals surface area contributed by atoms with Gasteiger partial charge in [0, 0.05) is 10.8 Å². The molecule has 0 spiro atoms. The van der Waals surface area contributed by atoms with Crippen molar-refractivity contribution >= 4 is 40.7 Å². The first kappa shape index (κ1) is 18.4. The van der Waals surface area contributed by atoms with E-state index in [4.69, 9.17) is 27.9 Å². The minimum atomic E-state index is -1.75. The molecule has 0 bridgehead atoms. The van der Waals surface area contributed by atoms with Gasteiger partial charge in [-0.3, -0.25) is 14.4 Å². The lowest BCUT2D eigenvalue weighted by atomic mass is 9.71. The molecule has 120 valence electrons. The first-order valence-corrected chi connectivity index (χ1v) is 7.60. The van der Waals surface area contributed by atoms with Crippen LogP contribution in [0.4, 0.5) is 0 Å². The summed E-state index contributed by atoms with van der Waals surface area (Å²) < 4.78 is 3.16. The van der Waals surface area contributed by atoms with Gasteiger partial charge in [-0.15, -0.1) is 0 Å². The number of cyclic esters (lactones) is 1. The van der Waals surface area contributed by atoms with Crippen molar-refractivity contribution in [3.05, 3.63) is 0 Å². The van der Waals surface area contributed by atoms with E-state index in [0.29, 0.717) is 0 Å². The molecule has 21 heavy (non-hydrogen) atoms. The highest BCUT2D eigenvalue weighted by Gasteiger charge is 2.58. The van der Waals surface area contributed by atoms with Crippen molar-refractivity contribution in [2.24, 2.45) is 16.7 Å². The van der Waals surface area contributed by atoms with Gasteiger partial charge in [0.25, 0.3) is 0 Å². The maximum Gasteiger partial charge on any atom is 0.310 e. The molecule has 6 heteroatoms. The number of carbonyl (C=O) groups is 3. The molecule has 1 atom stereocenters. The van der Waals surface area contributed by atoms with Gasteiger partial charge < -0.3 is 4.74 Å². The number of hydrogen-bond acceptors (Lipinski definition) is 4. The molecule has 1 rings (SSSR count). The lowest BCUT2D eigenvalue weighted by Crippen LogP contribution is -2.57. The zero-order valence-electron chi connectivity index (χ0n) is 13.3. The van der Waals surface area contributed by atoms with Crippen molar-refractivity contribution in [3.63, 3.8) is 0 Å². The molecular weight excluding hydrogens is 315 g/mol. The van der Waals surface area contributed by atoms with E-state index < -0.39 is 33.2 Å². The van der Waals surface area contributed by atoms with E-state index in [2.05, 4.69) is 0 Å². The number of esters is 1. The van der Waals surface area contributed by atoms with Gasteiger partial charge >= 0.3 is 5.97 Å². The zero-order valence-corrected chi connectivity index (χ0v) is 14.8. The molecule has 0 amide bonds. The van der Waals surface area contributed by atoms with Crippen LogP contribution in [0.2, 0.25) is 0 Å². The Morgan fingerprint density at radius 2 is 1.38 bits per heavy atom. The molecule has 1 aliphatic heterocycles. The fourth-order valence-electron chi connectivity index (χ4n) is 2.04. The molecule has 1 saturated heterocycles. The third-order valence-electron chi connectivity index (χ3n) is 3.44. The van der Waals surface area contributed by atoms with Crippen molar-refractivity contribution in [2.75, 3.05) is 0 Å². The van der Waals surface area contributed by atoms with Crippen LogP contribution >= 0.6 is 23.2 Å². The molecule has 0 N–H and O–H groups in total. The normalized spacial score (nSPS) is 20.0. The lowest BCUT2D eigenvalue weighted by Gasteiger charge is -2.42. The van der Waals surface area contributed by atoms with Crippen LogP contribution in [0.1, 0.15) is 48.0 Å². The van der Waals surface area contributed by atoms with Gasteiger partial charge in [0.15, 0.2) is 15.9 Å². The van der Waals surface area contributed by atoms with Gasteiger partial charge in [0.2, 0.25) is 0 Å². The summed E-state index contributed by atoms with van der Waals surface area (Å²) in [6, 6.07) is 0. The monoisotopic (exact) mass is 336 g/mol. The summed E-state index contributed by atoms with van der Waals surface area (Å²) in [6.45, 7) is 10.2. The minimum Gasteiger partial charge on any atom is -0.458 e. The van der Waals surface area contributed by atoms with Crippen LogP contribution in [0.15, 0.2) is 0 Å². The topological polar surface area (TPSA) is 60.4 Å². The Bertz CT molecular complexity index is 435. The summed E-state index contributed by atoms with van der Waals surface area (Å²) in [4.78, 5) is 36.4. The standard InChI is InChI=1S/C15H22Cl2O4/c1-13(2,3)11(19)10(12(20)14(4,5)6)15(16,17)8-7-9(18)21-8/h8,10H,7H2,1-6H3/t8-/m0/s1. The van der Waals surface area contributed by atoms with E-state index in [9.17, 15) is 14.4 Å². The van der Waals surface area contributed by atoms with Crippen molar-refractivity contribution in [1.82, 2.24) is 0 Å². The molecule has 0 aliphatic carbocycles. The Kier molecular flexibility index (Phi) is 4.87. The molecule has 0 unspecified atom stereocenters. The Morgan fingerprint density at radius 1 is 1.05 bits per heavy atom. The van der Waals surface area contributed by atoms with E-state index in [1.54, 1.807) is 41.5 Å². The van der Waals surface area contributed by atoms with Gasteiger partial charge in [-0.25, -0.2) is 0 Å². The molecule has 1 heterocycles. The average Bonchev–Trinajstić information content (AvgIpc) is 2.21. The number of Topliss-reactive ketones (excluding diaryl/α,β-unsaturated/α-hetero) is 2. The molecular formula is C15H22Cl2O4. The van der Waals surface area contributed by atoms with Crippen LogP contribution in [0.3, 0.4) is 0 Å². The summed E-state index contributed by atoms with van der Waals surface area (Å²) in [5, 5.41) is 0. The minimum absolute atomic E-state index is 0.0122. The largest absolute Gasteiger partial charge is 0.458 e. The SMILES string of the molecule is CC(C)(C)C(=O)C(C(=O)C(C)(C)C)C(Cl)(Cl)[C@@H]1CC(=O)O1. The van der Waals surface area contributed by atoms with Crippen LogP contribution in [0.25, 0.3) is 0 Å². The molecule has 0 saturated carbocycles. The van der Waals surface area contributed by atoms with Crippen LogP contribution in [-0.2, 0) is 19.1 Å². The van der Waals surface area contributed by atoms with Crippen molar-refractivity contribution < 1.29 is 19.1 Å². The van der Waals surface area contributed by atoms with Crippen molar-refractivity contribution in [3.8, 4) is 0 Å². The Hall–Kier alpha value is -0.610. The van der Waals surface area contributed by atoms with Crippen molar-refractivity contribution in [2.45, 2.75) is 58.4 Å². The number of carbonyl (C=O) groups excluding carboxylic acids is 3. The molecule has 0 radical (unpaired) electrons. The molecule has 1 aliphatic rings. The average molecular weight is 337 g/mol. The van der Waals surface area contributed by atoms with Gasteiger partial charge in [-0.05, 0) is 0 Å². The second-order valence-corrected chi connectivity index (χ2v) is 8.96. The summed E-state index contributed by atoms with van der Waals surface area (Å²) in [7, 11) is 0. The predicted octanol–water partition coefficient (Wildman–Crippen LogP) is 3.32. The second kappa shape index (κ2) is 5.54. The third kappa shape index (κ3) is 3.78. The third-order valence-corrected chi connectivity index (χ3v) is 4.37. The summed E-state index contributed by atoms with van der Waals surface area (Å²) in [6.07, 6.45) is -0.825. The van der Waals surface area contributed by atoms with E-state index in [1.807, 2.05) is 0 Å². The molecule has 0 aromatic heterocycles. The fraction of sp³-hybridized carbons (Fsp3) is 0.800. The number of hydrogen-bond donors (Lipinski definition) is 0. The highest BCUT2D eigenvalue weighted by molar-refractivity contribution is 6.52. The summed E-state index contributed by atoms with van der Waals surface area (Å²) in [5.74, 6) is -2.37. The summed E-state index contributed by atoms with van der Waals surface area (Å²) in [5.41, 5.74) is -1.57. The number of rotatable bonds is 4. The van der Waals surface area contributed by atoms with Crippen molar-refractivity contribution in [1.29, 1.82) is 0 Å². The Balaban J connectivity index is 3.22. The highest BCUT2D eigenvalue weighted by atomic mass is 35.5. The molecule has 4 nitrogen and oxygen atoms in total. The highest BCUT2D eigenvalue weighted by Crippen LogP contribution is 2.46. The number of ether oxygens (including phenoxy) is 1. The van der Waals surface area contributed by atoms with Crippen LogP contribution in [-0.4, -0.2) is 28.0 Å². The number of alkyl halides is 2. The first-order valence-electron chi connectivity index (χ1n) is 6.85. The van der Waals surface area contributed by atoms with E-state index in [0.717, 1.165) is 0 Å². The summed E-state index contributed by atoms with van der Waals surface area (Å²) >= 11 is 12.6. The number of halogens is 2. The Morgan fingerprint density at radius 3 is 1.62 bits per heavy atom. The van der Waals surface area contributed by atoms with Crippen LogP contribution < -0.4 is 0 Å². The number of ketones is 2. The van der Waals surface area contributed by atoms with Crippen LogP contribution in [0, 0.1) is 16.7 Å². The zero-order chi connectivity index (χ0) is 16.8.